The number of carbonyl (C=O) groups is 2. The Hall–Kier alpha value is -0.890. The van der Waals surface area contributed by atoms with Crippen LogP contribution in [0.4, 0.5) is 0 Å². The monoisotopic (exact) mass is 276 g/mol. The first kappa shape index (κ1) is 19.4. The van der Waals surface area contributed by atoms with Crippen molar-refractivity contribution in [3.05, 3.63) is 11.6 Å². The minimum Gasteiger partial charge on any atom is -0.545 e. The van der Waals surface area contributed by atoms with Crippen molar-refractivity contribution in [1.29, 1.82) is 0 Å². The van der Waals surface area contributed by atoms with Crippen LogP contribution >= 0.6 is 7.26 Å². The number of hydrogen-bond donors (Lipinski definition) is 1. The summed E-state index contributed by atoms with van der Waals surface area (Å²) in [6.07, 6.45) is 6.40. The normalized spacial score (nSPS) is 11.5. The molecule has 0 saturated carbocycles. The van der Waals surface area contributed by atoms with Crippen LogP contribution in [0.2, 0.25) is 0 Å². The van der Waals surface area contributed by atoms with Crippen molar-refractivity contribution < 1.29 is 19.8 Å². The molecule has 0 heterocycles. The molecule has 0 aliphatic rings. The zero-order valence-electron chi connectivity index (χ0n) is 12.0. The molecule has 1 N–H and O–H groups in total. The summed E-state index contributed by atoms with van der Waals surface area (Å²) in [5, 5.41) is 17.8. The molecule has 0 aromatic rings. The summed E-state index contributed by atoms with van der Waals surface area (Å²) < 4.78 is 0. The van der Waals surface area contributed by atoms with E-state index in [4.69, 9.17) is 5.11 Å². The summed E-state index contributed by atoms with van der Waals surface area (Å²) >= 11 is 0. The van der Waals surface area contributed by atoms with Gasteiger partial charge in [0.1, 0.15) is 0 Å². The van der Waals surface area contributed by atoms with Gasteiger partial charge in [0.25, 0.3) is 0 Å². The third kappa shape index (κ3) is 8.24. The van der Waals surface area contributed by atoms with Crippen molar-refractivity contribution in [3.63, 3.8) is 0 Å². The van der Waals surface area contributed by atoms with E-state index in [-0.39, 0.29) is 5.57 Å². The van der Waals surface area contributed by atoms with Gasteiger partial charge < -0.3 is 15.0 Å². The van der Waals surface area contributed by atoms with E-state index in [1.54, 1.807) is 0 Å². The quantitative estimate of drug-likeness (QED) is 0.593. The highest BCUT2D eigenvalue weighted by Gasteiger charge is 2.27. The molecule has 0 bridgehead atoms. The van der Waals surface area contributed by atoms with Crippen LogP contribution < -0.4 is 5.11 Å². The summed E-state index contributed by atoms with van der Waals surface area (Å²) in [6.45, 7) is 10.6. The van der Waals surface area contributed by atoms with Gasteiger partial charge in [-0.2, -0.15) is 0 Å². The summed E-state index contributed by atoms with van der Waals surface area (Å²) in [5.74, 6) is -2.74. The van der Waals surface area contributed by atoms with E-state index < -0.39 is 19.2 Å². The maximum atomic E-state index is 9.79. The SMILES string of the molecule is C/C(=C/C(=O)O)C(=O)[O-].CC[P+](CC)(CC)CC. The maximum Gasteiger partial charge on any atom is 0.328 e. The van der Waals surface area contributed by atoms with Crippen LogP contribution in [-0.4, -0.2) is 41.7 Å². The number of carboxylic acids is 2. The van der Waals surface area contributed by atoms with Crippen molar-refractivity contribution >= 4 is 19.2 Å². The zero-order chi connectivity index (χ0) is 14.8. The molecule has 0 spiro atoms. The molecule has 4 nitrogen and oxygen atoms in total. The molecule has 106 valence electrons. The molecule has 0 radical (unpaired) electrons. The van der Waals surface area contributed by atoms with Gasteiger partial charge >= 0.3 is 5.97 Å². The Labute approximate surface area is 110 Å². The van der Waals surface area contributed by atoms with Gasteiger partial charge in [-0.25, -0.2) is 4.79 Å². The van der Waals surface area contributed by atoms with E-state index >= 15 is 0 Å². The smallest absolute Gasteiger partial charge is 0.328 e. The highest BCUT2D eigenvalue weighted by atomic mass is 31.2. The Balaban J connectivity index is 0. The van der Waals surface area contributed by atoms with Gasteiger partial charge in [-0.15, -0.1) is 0 Å². The van der Waals surface area contributed by atoms with E-state index in [0.29, 0.717) is 6.08 Å². The van der Waals surface area contributed by atoms with Crippen LogP contribution in [0.1, 0.15) is 34.6 Å². The number of rotatable bonds is 6. The molecule has 0 aliphatic heterocycles. The van der Waals surface area contributed by atoms with Gasteiger partial charge in [-0.05, 0) is 40.2 Å². The van der Waals surface area contributed by atoms with Crippen molar-refractivity contribution in [1.82, 2.24) is 0 Å². The Morgan fingerprint density at radius 2 is 1.39 bits per heavy atom. The maximum absolute atomic E-state index is 9.79. The van der Waals surface area contributed by atoms with E-state index in [1.807, 2.05) is 0 Å². The lowest BCUT2D eigenvalue weighted by molar-refractivity contribution is -0.299. The second-order valence-electron chi connectivity index (χ2n) is 4.06. The second-order valence-corrected chi connectivity index (χ2v) is 9.27. The molecule has 0 aliphatic carbocycles. The zero-order valence-corrected chi connectivity index (χ0v) is 12.9. The highest BCUT2D eigenvalue weighted by molar-refractivity contribution is 7.75. The Kier molecular flexibility index (Phi) is 10.9. The predicted octanol–water partition coefficient (Wildman–Crippen LogP) is 1.85. The Morgan fingerprint density at radius 3 is 1.44 bits per heavy atom. The minimum atomic E-state index is -1.46. The number of carbonyl (C=O) groups excluding carboxylic acids is 1. The first-order valence-electron chi connectivity index (χ1n) is 6.26. The standard InChI is InChI=1S/C8H20P.C5H6O4/c1-5-9(6-2,7-3)8-4;1-3(5(8)9)2-4(6)7/h5-8H2,1-4H3;2H,1H3,(H,6,7)(H,8,9)/q+1;/p-1/b;3-2-. The molecule has 0 saturated heterocycles. The predicted molar refractivity (Wildman–Crippen MR) is 75.5 cm³/mol. The molecule has 5 heteroatoms. The fourth-order valence-corrected chi connectivity index (χ4v) is 4.27. The van der Waals surface area contributed by atoms with Gasteiger partial charge in [0.15, 0.2) is 0 Å². The first-order valence-corrected chi connectivity index (χ1v) is 8.79. The largest absolute Gasteiger partial charge is 0.545 e. The van der Waals surface area contributed by atoms with Gasteiger partial charge in [0.2, 0.25) is 0 Å². The topological polar surface area (TPSA) is 77.4 Å². The van der Waals surface area contributed by atoms with E-state index in [9.17, 15) is 14.7 Å². The van der Waals surface area contributed by atoms with Crippen LogP contribution in [0.25, 0.3) is 0 Å². The summed E-state index contributed by atoms with van der Waals surface area (Å²) in [5.41, 5.74) is -0.289. The first-order chi connectivity index (χ1) is 8.28. The van der Waals surface area contributed by atoms with E-state index in [1.165, 1.54) is 24.6 Å². The van der Waals surface area contributed by atoms with Crippen LogP contribution in [0.5, 0.6) is 0 Å². The fourth-order valence-electron chi connectivity index (χ4n) is 1.59. The highest BCUT2D eigenvalue weighted by Crippen LogP contribution is 2.57. The van der Waals surface area contributed by atoms with Crippen molar-refractivity contribution in [3.8, 4) is 0 Å². The van der Waals surface area contributed by atoms with Crippen LogP contribution in [-0.2, 0) is 9.59 Å². The lowest BCUT2D eigenvalue weighted by atomic mass is 10.3. The van der Waals surface area contributed by atoms with E-state index in [2.05, 4.69) is 27.7 Å². The number of aliphatic carboxylic acids is 2. The van der Waals surface area contributed by atoms with Gasteiger partial charge in [0, 0.05) is 13.3 Å². The molecule has 0 aromatic heterocycles. The molecule has 0 rings (SSSR count). The molecule has 0 fully saturated rings. The summed E-state index contributed by atoms with van der Waals surface area (Å²) in [7, 11) is -0.420. The van der Waals surface area contributed by atoms with Crippen molar-refractivity contribution in [2.45, 2.75) is 34.6 Å². The average molecular weight is 276 g/mol. The third-order valence-electron chi connectivity index (χ3n) is 3.35. The Morgan fingerprint density at radius 1 is 1.06 bits per heavy atom. The molecule has 0 unspecified atom stereocenters. The lowest BCUT2D eigenvalue weighted by Crippen LogP contribution is -2.23. The van der Waals surface area contributed by atoms with Gasteiger partial charge in [0.05, 0.1) is 30.6 Å². The molecular formula is C13H25O4P. The number of carboxylic acid groups (broad SMARTS) is 2. The number of hydrogen-bond acceptors (Lipinski definition) is 3. The van der Waals surface area contributed by atoms with E-state index in [0.717, 1.165) is 6.92 Å². The van der Waals surface area contributed by atoms with Crippen molar-refractivity contribution in [2.24, 2.45) is 0 Å². The summed E-state index contributed by atoms with van der Waals surface area (Å²) in [6, 6.07) is 0. The third-order valence-corrected chi connectivity index (χ3v) is 8.71. The lowest BCUT2D eigenvalue weighted by Gasteiger charge is -2.20. The van der Waals surface area contributed by atoms with Crippen LogP contribution in [0.15, 0.2) is 11.6 Å². The molecule has 0 aromatic carbocycles. The molecular weight excluding hydrogens is 251 g/mol. The second kappa shape index (κ2) is 10.1. The fraction of sp³-hybridized carbons (Fsp3) is 0.692. The van der Waals surface area contributed by atoms with Crippen LogP contribution in [0, 0.1) is 0 Å². The average Bonchev–Trinajstić information content (AvgIpc) is 2.32. The molecule has 18 heavy (non-hydrogen) atoms. The van der Waals surface area contributed by atoms with Gasteiger partial charge in [-0.3, -0.25) is 0 Å². The Bertz CT molecular complexity index is 276. The van der Waals surface area contributed by atoms with Crippen LogP contribution in [0.3, 0.4) is 0 Å². The molecule has 0 atom stereocenters. The minimum absolute atomic E-state index is 0.289. The van der Waals surface area contributed by atoms with Crippen molar-refractivity contribution in [2.75, 3.05) is 24.6 Å². The molecule has 0 amide bonds. The van der Waals surface area contributed by atoms with Gasteiger partial charge in [-0.1, -0.05) is 0 Å². The summed E-state index contributed by atoms with van der Waals surface area (Å²) in [4.78, 5) is 19.5.